The lowest BCUT2D eigenvalue weighted by Gasteiger charge is -2.21. The van der Waals surface area contributed by atoms with E-state index in [1.807, 2.05) is 12.1 Å². The second kappa shape index (κ2) is 10.1. The number of methoxy groups -OCH3 is 1. The number of halogens is 1. The zero-order valence-corrected chi connectivity index (χ0v) is 15.0. The molecule has 0 spiro atoms. The molecule has 4 heteroatoms. The van der Waals surface area contributed by atoms with E-state index in [9.17, 15) is 0 Å². The lowest BCUT2D eigenvalue weighted by Crippen LogP contribution is -2.21. The molecule has 2 aromatic carbocycles. The van der Waals surface area contributed by atoms with Gasteiger partial charge in [-0.3, -0.25) is 0 Å². The summed E-state index contributed by atoms with van der Waals surface area (Å²) in [7, 11) is 1.69. The zero-order valence-electron chi connectivity index (χ0n) is 14.2. The van der Waals surface area contributed by atoms with Gasteiger partial charge in [-0.2, -0.15) is 0 Å². The summed E-state index contributed by atoms with van der Waals surface area (Å²) in [5, 5.41) is 3.48. The third-order valence-corrected chi connectivity index (χ3v) is 3.88. The highest BCUT2D eigenvalue weighted by atomic mass is 35.5. The molecule has 0 aliphatic heterocycles. The largest absolute Gasteiger partial charge is 0.497 e. The lowest BCUT2D eigenvalue weighted by molar-refractivity contribution is 0.414. The molecule has 0 saturated carbocycles. The molecule has 0 aliphatic carbocycles. The van der Waals surface area contributed by atoms with Crippen LogP contribution in [-0.2, 0) is 13.1 Å². The number of nitrogens with one attached hydrogen (secondary N) is 1. The highest BCUT2D eigenvalue weighted by Crippen LogP contribution is 2.15. The van der Waals surface area contributed by atoms with Gasteiger partial charge in [0.15, 0.2) is 0 Å². The highest BCUT2D eigenvalue weighted by molar-refractivity contribution is 5.85. The predicted octanol–water partition coefficient (Wildman–Crippen LogP) is 4.25. The Morgan fingerprint density at radius 2 is 1.30 bits per heavy atom. The Morgan fingerprint density at radius 3 is 1.74 bits per heavy atom. The van der Waals surface area contributed by atoms with Crippen molar-refractivity contribution >= 4 is 18.1 Å². The second-order valence-corrected chi connectivity index (χ2v) is 5.29. The fraction of sp³-hybridized carbons (Fsp3) is 0.368. The zero-order chi connectivity index (χ0) is 15.8. The maximum Gasteiger partial charge on any atom is 0.118 e. The molecule has 1 N–H and O–H groups in total. The first-order valence-corrected chi connectivity index (χ1v) is 7.94. The first-order valence-electron chi connectivity index (χ1n) is 7.94. The Labute approximate surface area is 146 Å². The Bertz CT molecular complexity index is 551. The van der Waals surface area contributed by atoms with Crippen molar-refractivity contribution in [2.45, 2.75) is 26.9 Å². The van der Waals surface area contributed by atoms with Crippen LogP contribution in [0.4, 0.5) is 5.69 Å². The number of rotatable bonds is 8. The molecule has 0 fully saturated rings. The fourth-order valence-corrected chi connectivity index (χ4v) is 2.51. The van der Waals surface area contributed by atoms with Crippen molar-refractivity contribution in [3.63, 3.8) is 0 Å². The van der Waals surface area contributed by atoms with Gasteiger partial charge in [0.05, 0.1) is 7.11 Å². The Kier molecular flexibility index (Phi) is 8.52. The Balaban J connectivity index is 0.00000264. The number of ether oxygens (including phenoxy) is 1. The van der Waals surface area contributed by atoms with Gasteiger partial charge in [-0.25, -0.2) is 0 Å². The monoisotopic (exact) mass is 334 g/mol. The van der Waals surface area contributed by atoms with Gasteiger partial charge in [-0.05, 0) is 49.2 Å². The molecule has 0 aromatic heterocycles. The van der Waals surface area contributed by atoms with Gasteiger partial charge < -0.3 is 15.0 Å². The van der Waals surface area contributed by atoms with Gasteiger partial charge >= 0.3 is 0 Å². The molecule has 3 nitrogen and oxygen atoms in total. The Hall–Kier alpha value is -1.71. The molecule has 2 aromatic rings. The summed E-state index contributed by atoms with van der Waals surface area (Å²) in [5.41, 5.74) is 3.87. The minimum atomic E-state index is 0. The topological polar surface area (TPSA) is 24.5 Å². The average molecular weight is 335 g/mol. The van der Waals surface area contributed by atoms with Crippen molar-refractivity contribution in [3.05, 3.63) is 59.7 Å². The summed E-state index contributed by atoms with van der Waals surface area (Å²) in [6.07, 6.45) is 0. The summed E-state index contributed by atoms with van der Waals surface area (Å²) in [6.45, 7) is 8.21. The van der Waals surface area contributed by atoms with Gasteiger partial charge in [0.2, 0.25) is 0 Å². The van der Waals surface area contributed by atoms with Crippen LogP contribution >= 0.6 is 12.4 Å². The van der Waals surface area contributed by atoms with Gasteiger partial charge in [0.1, 0.15) is 5.75 Å². The van der Waals surface area contributed by atoms with Crippen LogP contribution in [0.3, 0.4) is 0 Å². The summed E-state index contributed by atoms with van der Waals surface area (Å²) in [4.78, 5) is 2.36. The fourth-order valence-electron chi connectivity index (χ4n) is 2.51. The normalized spacial score (nSPS) is 10.0. The van der Waals surface area contributed by atoms with Crippen molar-refractivity contribution in [1.29, 1.82) is 0 Å². The van der Waals surface area contributed by atoms with Crippen LogP contribution in [0, 0.1) is 0 Å². The highest BCUT2D eigenvalue weighted by Gasteiger charge is 2.01. The standard InChI is InChI=1S/C19H26N2O.ClH/c1-4-21(5-2)18-10-6-16(7-11-18)14-20-15-17-8-12-19(22-3)13-9-17;/h6-13,20H,4-5,14-15H2,1-3H3;1H. The van der Waals surface area contributed by atoms with E-state index in [2.05, 4.69) is 60.5 Å². The van der Waals surface area contributed by atoms with Crippen LogP contribution in [0.1, 0.15) is 25.0 Å². The van der Waals surface area contributed by atoms with Crippen LogP contribution < -0.4 is 15.0 Å². The van der Waals surface area contributed by atoms with Crippen LogP contribution in [0.5, 0.6) is 5.75 Å². The predicted molar refractivity (Wildman–Crippen MR) is 101 cm³/mol. The molecule has 0 aliphatic rings. The van der Waals surface area contributed by atoms with Crippen molar-refractivity contribution in [2.24, 2.45) is 0 Å². The first kappa shape index (κ1) is 19.3. The first-order chi connectivity index (χ1) is 10.8. The molecule has 23 heavy (non-hydrogen) atoms. The van der Waals surface area contributed by atoms with Crippen LogP contribution in [0.25, 0.3) is 0 Å². The summed E-state index contributed by atoms with van der Waals surface area (Å²) >= 11 is 0. The number of hydrogen-bond donors (Lipinski definition) is 1. The minimum Gasteiger partial charge on any atom is -0.497 e. The third kappa shape index (κ3) is 5.77. The molecular formula is C19H27ClN2O. The molecule has 0 radical (unpaired) electrons. The summed E-state index contributed by atoms with van der Waals surface area (Å²) < 4.78 is 5.17. The maximum absolute atomic E-state index is 5.17. The van der Waals surface area contributed by atoms with Crippen LogP contribution in [0.15, 0.2) is 48.5 Å². The molecule has 126 valence electrons. The molecule has 0 bridgehead atoms. The molecule has 0 unspecified atom stereocenters. The van der Waals surface area contributed by atoms with E-state index < -0.39 is 0 Å². The van der Waals surface area contributed by atoms with E-state index in [4.69, 9.17) is 4.74 Å². The van der Waals surface area contributed by atoms with E-state index in [0.29, 0.717) is 0 Å². The van der Waals surface area contributed by atoms with Crippen molar-refractivity contribution in [3.8, 4) is 5.75 Å². The van der Waals surface area contributed by atoms with Gasteiger partial charge in [0, 0.05) is 31.9 Å². The number of hydrogen-bond acceptors (Lipinski definition) is 3. The van der Waals surface area contributed by atoms with Crippen molar-refractivity contribution < 1.29 is 4.74 Å². The quantitative estimate of drug-likeness (QED) is 0.781. The average Bonchev–Trinajstić information content (AvgIpc) is 2.58. The van der Waals surface area contributed by atoms with E-state index >= 15 is 0 Å². The van der Waals surface area contributed by atoms with E-state index in [1.54, 1.807) is 7.11 Å². The van der Waals surface area contributed by atoms with E-state index in [1.165, 1.54) is 16.8 Å². The van der Waals surface area contributed by atoms with Crippen molar-refractivity contribution in [1.82, 2.24) is 5.32 Å². The SMILES string of the molecule is CCN(CC)c1ccc(CNCc2ccc(OC)cc2)cc1.Cl. The molecule has 0 amide bonds. The number of benzene rings is 2. The summed E-state index contributed by atoms with van der Waals surface area (Å²) in [5.74, 6) is 0.899. The molecule has 0 heterocycles. The van der Waals surface area contributed by atoms with Crippen molar-refractivity contribution in [2.75, 3.05) is 25.1 Å². The molecule has 0 saturated heterocycles. The minimum absolute atomic E-state index is 0. The maximum atomic E-state index is 5.17. The van der Waals surface area contributed by atoms with Crippen LogP contribution in [0.2, 0.25) is 0 Å². The third-order valence-electron chi connectivity index (χ3n) is 3.88. The van der Waals surface area contributed by atoms with Crippen LogP contribution in [-0.4, -0.2) is 20.2 Å². The van der Waals surface area contributed by atoms with Gasteiger partial charge in [-0.1, -0.05) is 24.3 Å². The molecular weight excluding hydrogens is 308 g/mol. The summed E-state index contributed by atoms with van der Waals surface area (Å²) in [6, 6.07) is 17.0. The van der Waals surface area contributed by atoms with E-state index in [0.717, 1.165) is 31.9 Å². The molecule has 2 rings (SSSR count). The lowest BCUT2D eigenvalue weighted by atomic mass is 10.1. The second-order valence-electron chi connectivity index (χ2n) is 5.29. The Morgan fingerprint density at radius 1 is 0.826 bits per heavy atom. The molecule has 0 atom stereocenters. The number of anilines is 1. The van der Waals surface area contributed by atoms with Gasteiger partial charge in [0.25, 0.3) is 0 Å². The number of nitrogens with zero attached hydrogens (tertiary/aromatic N) is 1. The van der Waals surface area contributed by atoms with Gasteiger partial charge in [-0.15, -0.1) is 12.4 Å². The van der Waals surface area contributed by atoms with E-state index in [-0.39, 0.29) is 12.4 Å². The smallest absolute Gasteiger partial charge is 0.118 e.